The van der Waals surface area contributed by atoms with Gasteiger partial charge in [-0.15, -0.1) is 0 Å². The van der Waals surface area contributed by atoms with Gasteiger partial charge in [0.05, 0.1) is 24.1 Å². The lowest BCUT2D eigenvalue weighted by molar-refractivity contribution is 0.167. The van der Waals surface area contributed by atoms with Crippen LogP contribution in [0.15, 0.2) is 30.3 Å². The van der Waals surface area contributed by atoms with Crippen LogP contribution < -0.4 is 4.74 Å². The number of nitrogens with zero attached hydrogens (tertiary/aromatic N) is 3. The molecular formula is C22H33N3O2. The summed E-state index contributed by atoms with van der Waals surface area (Å²) in [7, 11) is 0. The zero-order valence-corrected chi connectivity index (χ0v) is 16.9. The second kappa shape index (κ2) is 9.38. The molecule has 0 spiro atoms. The number of aryl methyl sites for hydroxylation is 1. The van der Waals surface area contributed by atoms with Crippen molar-refractivity contribution >= 4 is 0 Å². The topological polar surface area (TPSA) is 50.5 Å². The molecule has 1 N–H and O–H groups in total. The first kappa shape index (κ1) is 19.9. The minimum atomic E-state index is -0.461. The Morgan fingerprint density at radius 2 is 2.07 bits per heavy atom. The van der Waals surface area contributed by atoms with Gasteiger partial charge in [0.15, 0.2) is 0 Å². The van der Waals surface area contributed by atoms with Gasteiger partial charge in [0, 0.05) is 26.2 Å². The van der Waals surface area contributed by atoms with E-state index in [1.807, 2.05) is 13.0 Å². The van der Waals surface area contributed by atoms with Crippen molar-refractivity contribution in [2.45, 2.75) is 65.8 Å². The monoisotopic (exact) mass is 371 g/mol. The van der Waals surface area contributed by atoms with E-state index in [1.54, 1.807) is 0 Å². The molecule has 5 nitrogen and oxygen atoms in total. The summed E-state index contributed by atoms with van der Waals surface area (Å²) in [6.45, 7) is 10.9. The average Bonchev–Trinajstić information content (AvgIpc) is 2.94. The summed E-state index contributed by atoms with van der Waals surface area (Å²) in [5.74, 6) is 1.62. The van der Waals surface area contributed by atoms with Gasteiger partial charge in [0.1, 0.15) is 5.75 Å². The predicted molar refractivity (Wildman–Crippen MR) is 108 cm³/mol. The van der Waals surface area contributed by atoms with E-state index >= 15 is 0 Å². The van der Waals surface area contributed by atoms with Crippen molar-refractivity contribution < 1.29 is 9.84 Å². The van der Waals surface area contributed by atoms with Crippen LogP contribution in [0.5, 0.6) is 5.75 Å². The Kier molecular flexibility index (Phi) is 6.91. The highest BCUT2D eigenvalue weighted by molar-refractivity contribution is 5.28. The highest BCUT2D eigenvalue weighted by atomic mass is 16.5. The van der Waals surface area contributed by atoms with Gasteiger partial charge in [-0.2, -0.15) is 5.10 Å². The molecule has 27 heavy (non-hydrogen) atoms. The Bertz CT molecular complexity index is 726. The number of hydrogen-bond donors (Lipinski definition) is 1. The fraction of sp³-hybridized carbons (Fsp3) is 0.591. The molecule has 0 fully saturated rings. The molecular weight excluding hydrogens is 338 g/mol. The normalized spacial score (nSPS) is 16.2. The largest absolute Gasteiger partial charge is 0.494 e. The van der Waals surface area contributed by atoms with Crippen molar-refractivity contribution in [1.29, 1.82) is 0 Å². The fourth-order valence-corrected chi connectivity index (χ4v) is 3.46. The predicted octanol–water partition coefficient (Wildman–Crippen LogP) is 4.16. The Balaban J connectivity index is 1.63. The van der Waals surface area contributed by atoms with E-state index in [9.17, 15) is 5.11 Å². The molecule has 1 aliphatic heterocycles. The number of aromatic nitrogens is 2. The molecule has 0 saturated heterocycles. The molecule has 1 aromatic heterocycles. The Labute approximate surface area is 163 Å². The zero-order valence-electron chi connectivity index (χ0n) is 16.9. The molecule has 148 valence electrons. The molecule has 0 radical (unpaired) electrons. The average molecular weight is 372 g/mol. The molecule has 0 aliphatic carbocycles. The molecule has 1 aromatic carbocycles. The van der Waals surface area contributed by atoms with Crippen LogP contribution in [0.3, 0.4) is 0 Å². The number of ether oxygens (including phenoxy) is 1. The lowest BCUT2D eigenvalue weighted by atomic mass is 10.1. The first-order chi connectivity index (χ1) is 13.0. The molecule has 3 rings (SSSR count). The number of aliphatic hydroxyl groups excluding tert-OH is 1. The molecule has 0 saturated carbocycles. The van der Waals surface area contributed by atoms with Crippen LogP contribution in [-0.4, -0.2) is 32.9 Å². The second-order valence-corrected chi connectivity index (χ2v) is 7.95. The fourth-order valence-electron chi connectivity index (χ4n) is 3.46. The Morgan fingerprint density at radius 3 is 2.85 bits per heavy atom. The second-order valence-electron chi connectivity index (χ2n) is 7.95. The van der Waals surface area contributed by atoms with Crippen LogP contribution >= 0.6 is 0 Å². The van der Waals surface area contributed by atoms with E-state index in [0.29, 0.717) is 12.3 Å². The van der Waals surface area contributed by atoms with E-state index < -0.39 is 6.10 Å². The number of hydrogen-bond acceptors (Lipinski definition) is 4. The maximum absolute atomic E-state index is 10.1. The molecule has 2 heterocycles. The number of benzene rings is 1. The molecule has 0 amide bonds. The van der Waals surface area contributed by atoms with Crippen LogP contribution in [0.1, 0.15) is 63.1 Å². The van der Waals surface area contributed by atoms with E-state index in [1.165, 1.54) is 11.3 Å². The van der Waals surface area contributed by atoms with Crippen molar-refractivity contribution in [2.24, 2.45) is 5.92 Å². The van der Waals surface area contributed by atoms with Crippen LogP contribution in [0, 0.1) is 5.92 Å². The van der Waals surface area contributed by atoms with Gasteiger partial charge in [0.2, 0.25) is 0 Å². The van der Waals surface area contributed by atoms with Gasteiger partial charge in [-0.3, -0.25) is 9.58 Å². The summed E-state index contributed by atoms with van der Waals surface area (Å²) in [4.78, 5) is 2.45. The SMILES string of the molecule is CC[C@H](O)c1cc2n(n1)CCCN(Cc1cccc(OCCC(C)C)c1)C2. The van der Waals surface area contributed by atoms with Crippen molar-refractivity contribution in [3.63, 3.8) is 0 Å². The maximum atomic E-state index is 10.1. The molecule has 5 heteroatoms. The van der Waals surface area contributed by atoms with Crippen LogP contribution in [0.2, 0.25) is 0 Å². The summed E-state index contributed by atoms with van der Waals surface area (Å²) >= 11 is 0. The van der Waals surface area contributed by atoms with Crippen molar-refractivity contribution in [2.75, 3.05) is 13.2 Å². The third-order valence-electron chi connectivity index (χ3n) is 5.11. The van der Waals surface area contributed by atoms with Crippen molar-refractivity contribution in [1.82, 2.24) is 14.7 Å². The summed E-state index contributed by atoms with van der Waals surface area (Å²) in [6.07, 6.45) is 2.38. The standard InChI is InChI=1S/C22H33N3O2/c1-4-22(26)21-14-19-16-24(10-6-11-25(19)23-21)15-18-7-5-8-20(13-18)27-12-9-17(2)3/h5,7-8,13-14,17,22,26H,4,6,9-12,15-16H2,1-3H3/t22-/m0/s1. The molecule has 0 bridgehead atoms. The highest BCUT2D eigenvalue weighted by Gasteiger charge is 2.19. The zero-order chi connectivity index (χ0) is 19.2. The van der Waals surface area contributed by atoms with E-state index in [-0.39, 0.29) is 0 Å². The minimum absolute atomic E-state index is 0.461. The van der Waals surface area contributed by atoms with Gasteiger partial charge >= 0.3 is 0 Å². The van der Waals surface area contributed by atoms with Crippen molar-refractivity contribution in [3.05, 3.63) is 47.3 Å². The first-order valence-corrected chi connectivity index (χ1v) is 10.2. The molecule has 1 atom stereocenters. The van der Waals surface area contributed by atoms with Crippen LogP contribution in [0.4, 0.5) is 0 Å². The lowest BCUT2D eigenvalue weighted by Crippen LogP contribution is -2.22. The van der Waals surface area contributed by atoms with Gasteiger partial charge in [-0.1, -0.05) is 32.9 Å². The smallest absolute Gasteiger partial charge is 0.119 e. The Morgan fingerprint density at radius 1 is 1.22 bits per heavy atom. The van der Waals surface area contributed by atoms with E-state index in [2.05, 4.69) is 52.8 Å². The summed E-state index contributed by atoms with van der Waals surface area (Å²) in [5, 5.41) is 14.7. The number of fused-ring (bicyclic) bond motifs is 1. The molecule has 0 unspecified atom stereocenters. The van der Waals surface area contributed by atoms with Gasteiger partial charge in [-0.05, 0) is 48.9 Å². The number of aliphatic hydroxyl groups is 1. The maximum Gasteiger partial charge on any atom is 0.119 e. The van der Waals surface area contributed by atoms with E-state index in [4.69, 9.17) is 4.74 Å². The third kappa shape index (κ3) is 5.56. The summed E-state index contributed by atoms with van der Waals surface area (Å²) < 4.78 is 7.98. The summed E-state index contributed by atoms with van der Waals surface area (Å²) in [6, 6.07) is 10.5. The van der Waals surface area contributed by atoms with E-state index in [0.717, 1.165) is 57.1 Å². The van der Waals surface area contributed by atoms with Crippen LogP contribution in [-0.2, 0) is 19.6 Å². The summed E-state index contributed by atoms with van der Waals surface area (Å²) in [5.41, 5.74) is 3.27. The number of rotatable bonds is 8. The third-order valence-corrected chi connectivity index (χ3v) is 5.11. The molecule has 2 aromatic rings. The van der Waals surface area contributed by atoms with Gasteiger partial charge in [-0.25, -0.2) is 0 Å². The highest BCUT2D eigenvalue weighted by Crippen LogP contribution is 2.22. The van der Waals surface area contributed by atoms with Gasteiger partial charge in [0.25, 0.3) is 0 Å². The quantitative estimate of drug-likeness (QED) is 0.757. The van der Waals surface area contributed by atoms with Crippen molar-refractivity contribution in [3.8, 4) is 5.75 Å². The van der Waals surface area contributed by atoms with Crippen LogP contribution in [0.25, 0.3) is 0 Å². The molecule has 1 aliphatic rings. The Hall–Kier alpha value is -1.85. The first-order valence-electron chi connectivity index (χ1n) is 10.2. The lowest BCUT2D eigenvalue weighted by Gasteiger charge is -2.20. The minimum Gasteiger partial charge on any atom is -0.494 e. The van der Waals surface area contributed by atoms with Gasteiger partial charge < -0.3 is 9.84 Å².